The van der Waals surface area contributed by atoms with E-state index in [2.05, 4.69) is 15.2 Å². The molecule has 1 N–H and O–H groups in total. The van der Waals surface area contributed by atoms with Crippen molar-refractivity contribution < 1.29 is 13.2 Å². The number of hydrogen-bond donors (Lipinski definition) is 1. The summed E-state index contributed by atoms with van der Waals surface area (Å²) in [5, 5.41) is 25.7. The van der Waals surface area contributed by atoms with Gasteiger partial charge in [-0.15, -0.1) is 0 Å². The number of halogens is 3. The van der Waals surface area contributed by atoms with Crippen molar-refractivity contribution in [1.29, 1.82) is 10.5 Å². The zero-order chi connectivity index (χ0) is 17.4. The van der Waals surface area contributed by atoms with Gasteiger partial charge < -0.3 is 0 Å². The first-order valence-corrected chi connectivity index (χ1v) is 6.97. The lowest BCUT2D eigenvalue weighted by atomic mass is 9.76. The molecule has 1 aliphatic heterocycles. The molecule has 0 aliphatic carbocycles. The standard InChI is InChI=1S/C16H10F3N5/c1-7-10(4-20)14(11(5-21)15(23-7)16(18)19)9-2-8-6-22-24-13(8)3-12(9)17/h2-3,6,10,14,16H,1H3,(H,22,24). The fourth-order valence-corrected chi connectivity index (χ4v) is 2.90. The van der Waals surface area contributed by atoms with Gasteiger partial charge in [0, 0.05) is 17.0 Å². The minimum atomic E-state index is -2.99. The molecule has 0 radical (unpaired) electrons. The maximum atomic E-state index is 14.5. The SMILES string of the molecule is CC1=NC(C(F)F)=C(C#N)C(c2cc3cn[nH]c3cc2F)C1C#N. The van der Waals surface area contributed by atoms with Gasteiger partial charge in [-0.1, -0.05) is 0 Å². The number of aromatic amines is 1. The molecule has 0 fully saturated rings. The molecule has 120 valence electrons. The first-order chi connectivity index (χ1) is 11.5. The van der Waals surface area contributed by atoms with E-state index in [0.717, 1.165) is 0 Å². The van der Waals surface area contributed by atoms with E-state index in [1.807, 2.05) is 6.07 Å². The van der Waals surface area contributed by atoms with E-state index in [9.17, 15) is 23.7 Å². The third-order valence-corrected chi connectivity index (χ3v) is 4.03. The summed E-state index contributed by atoms with van der Waals surface area (Å²) in [5.74, 6) is -2.84. The molecule has 2 aromatic rings. The Morgan fingerprint density at radius 1 is 1.29 bits per heavy atom. The van der Waals surface area contributed by atoms with E-state index >= 15 is 0 Å². The van der Waals surface area contributed by atoms with Crippen LogP contribution in [-0.2, 0) is 0 Å². The Labute approximate surface area is 134 Å². The maximum absolute atomic E-state index is 14.5. The molecule has 2 heterocycles. The molecule has 0 saturated carbocycles. The van der Waals surface area contributed by atoms with Crippen molar-refractivity contribution >= 4 is 16.6 Å². The normalized spacial score (nSPS) is 20.9. The van der Waals surface area contributed by atoms with Gasteiger partial charge in [0.05, 0.1) is 35.3 Å². The molecule has 1 aliphatic rings. The first kappa shape index (κ1) is 15.8. The summed E-state index contributed by atoms with van der Waals surface area (Å²) in [6.45, 7) is 1.42. The number of fused-ring (bicyclic) bond motifs is 1. The van der Waals surface area contributed by atoms with Gasteiger partial charge in [0.2, 0.25) is 0 Å². The molecule has 0 bridgehead atoms. The summed E-state index contributed by atoms with van der Waals surface area (Å²) in [6, 6.07) is 6.22. The van der Waals surface area contributed by atoms with Crippen LogP contribution in [0.3, 0.4) is 0 Å². The van der Waals surface area contributed by atoms with Crippen molar-refractivity contribution in [2.75, 3.05) is 0 Å². The third kappa shape index (κ3) is 2.33. The molecular formula is C16H10F3N5. The van der Waals surface area contributed by atoms with Crippen molar-refractivity contribution in [3.63, 3.8) is 0 Å². The second-order valence-electron chi connectivity index (χ2n) is 5.38. The Kier molecular flexibility index (Phi) is 3.82. The number of H-pyrrole nitrogens is 1. The maximum Gasteiger partial charge on any atom is 0.281 e. The van der Waals surface area contributed by atoms with Crippen LogP contribution in [0.25, 0.3) is 10.9 Å². The molecule has 3 rings (SSSR count). The molecule has 1 aromatic heterocycles. The van der Waals surface area contributed by atoms with E-state index in [4.69, 9.17) is 0 Å². The van der Waals surface area contributed by atoms with Gasteiger partial charge in [-0.25, -0.2) is 13.2 Å². The van der Waals surface area contributed by atoms with Gasteiger partial charge in [0.1, 0.15) is 11.5 Å². The predicted molar refractivity (Wildman–Crippen MR) is 79.6 cm³/mol. The lowest BCUT2D eigenvalue weighted by Crippen LogP contribution is -2.27. The Balaban J connectivity index is 2.28. The number of hydrogen-bond acceptors (Lipinski definition) is 4. The molecule has 0 spiro atoms. The molecule has 5 nitrogen and oxygen atoms in total. The van der Waals surface area contributed by atoms with E-state index in [0.29, 0.717) is 10.9 Å². The number of rotatable bonds is 2. The quantitative estimate of drug-likeness (QED) is 0.915. The zero-order valence-corrected chi connectivity index (χ0v) is 12.4. The van der Waals surface area contributed by atoms with Crippen LogP contribution in [-0.4, -0.2) is 22.3 Å². The summed E-state index contributed by atoms with van der Waals surface area (Å²) < 4.78 is 41.0. The lowest BCUT2D eigenvalue weighted by Gasteiger charge is -2.27. The first-order valence-electron chi connectivity index (χ1n) is 6.97. The number of benzene rings is 1. The third-order valence-electron chi connectivity index (χ3n) is 4.03. The summed E-state index contributed by atoms with van der Waals surface area (Å²) in [5.41, 5.74) is -0.535. The number of allylic oxidation sites excluding steroid dienone is 2. The molecule has 1 aromatic carbocycles. The number of nitriles is 2. The van der Waals surface area contributed by atoms with Gasteiger partial charge >= 0.3 is 0 Å². The van der Waals surface area contributed by atoms with Gasteiger partial charge in [0.25, 0.3) is 6.43 Å². The fraction of sp³-hybridized carbons (Fsp3) is 0.250. The zero-order valence-electron chi connectivity index (χ0n) is 12.4. The second-order valence-corrected chi connectivity index (χ2v) is 5.38. The van der Waals surface area contributed by atoms with Crippen LogP contribution in [0.15, 0.2) is 34.6 Å². The van der Waals surface area contributed by atoms with Crippen molar-refractivity contribution in [2.24, 2.45) is 10.9 Å². The Morgan fingerprint density at radius 2 is 2.04 bits per heavy atom. The number of aromatic nitrogens is 2. The molecule has 2 unspecified atom stereocenters. The highest BCUT2D eigenvalue weighted by Gasteiger charge is 2.38. The highest BCUT2D eigenvalue weighted by Crippen LogP contribution is 2.41. The van der Waals surface area contributed by atoms with Crippen LogP contribution in [0.4, 0.5) is 13.2 Å². The highest BCUT2D eigenvalue weighted by atomic mass is 19.3. The number of nitrogens with zero attached hydrogens (tertiary/aromatic N) is 4. The average molecular weight is 329 g/mol. The Hall–Kier alpha value is -3.13. The Morgan fingerprint density at radius 3 is 2.67 bits per heavy atom. The number of alkyl halides is 2. The van der Waals surface area contributed by atoms with Crippen molar-refractivity contribution in [3.05, 3.63) is 41.0 Å². The van der Waals surface area contributed by atoms with Gasteiger partial charge in [-0.05, 0) is 24.6 Å². The van der Waals surface area contributed by atoms with Crippen molar-refractivity contribution in [1.82, 2.24) is 10.2 Å². The fourth-order valence-electron chi connectivity index (χ4n) is 2.90. The summed E-state index contributed by atoms with van der Waals surface area (Å²) in [4.78, 5) is 3.70. The highest BCUT2D eigenvalue weighted by molar-refractivity contribution is 5.91. The van der Waals surface area contributed by atoms with E-state index < -0.39 is 29.8 Å². The van der Waals surface area contributed by atoms with Gasteiger partial charge in [-0.2, -0.15) is 15.6 Å². The summed E-state index contributed by atoms with van der Waals surface area (Å²) in [7, 11) is 0. The van der Waals surface area contributed by atoms with Gasteiger partial charge in [0.15, 0.2) is 0 Å². The largest absolute Gasteiger partial charge is 0.281 e. The number of aliphatic imine (C=N–C) groups is 1. The van der Waals surface area contributed by atoms with E-state index in [-0.39, 0.29) is 16.8 Å². The van der Waals surface area contributed by atoms with E-state index in [1.165, 1.54) is 25.3 Å². The predicted octanol–water partition coefficient (Wildman–Crippen LogP) is 3.44. The molecular weight excluding hydrogens is 319 g/mol. The molecule has 8 heteroatoms. The molecule has 2 atom stereocenters. The summed E-state index contributed by atoms with van der Waals surface area (Å²) >= 11 is 0. The van der Waals surface area contributed by atoms with Crippen molar-refractivity contribution in [3.8, 4) is 12.1 Å². The topological polar surface area (TPSA) is 88.6 Å². The van der Waals surface area contributed by atoms with E-state index in [1.54, 1.807) is 6.07 Å². The van der Waals surface area contributed by atoms with Crippen LogP contribution in [0.2, 0.25) is 0 Å². The molecule has 0 amide bonds. The lowest BCUT2D eigenvalue weighted by molar-refractivity contribution is 0.185. The van der Waals surface area contributed by atoms with Crippen LogP contribution >= 0.6 is 0 Å². The minimum absolute atomic E-state index is 0.000556. The van der Waals surface area contributed by atoms with Gasteiger partial charge in [-0.3, -0.25) is 10.1 Å². The van der Waals surface area contributed by atoms with Crippen molar-refractivity contribution in [2.45, 2.75) is 19.3 Å². The molecule has 24 heavy (non-hydrogen) atoms. The minimum Gasteiger partial charge on any atom is -0.278 e. The average Bonchev–Trinajstić information content (AvgIpc) is 2.99. The summed E-state index contributed by atoms with van der Waals surface area (Å²) in [6.07, 6.45) is -1.54. The molecule has 0 saturated heterocycles. The van der Waals surface area contributed by atoms with Crippen LogP contribution < -0.4 is 0 Å². The van der Waals surface area contributed by atoms with Crippen LogP contribution in [0, 0.1) is 34.4 Å². The smallest absolute Gasteiger partial charge is 0.278 e. The number of nitrogens with one attached hydrogen (secondary N) is 1. The second kappa shape index (κ2) is 5.82. The van der Waals surface area contributed by atoms with Crippen LogP contribution in [0.5, 0.6) is 0 Å². The monoisotopic (exact) mass is 329 g/mol. The Bertz CT molecular complexity index is 958. The van der Waals surface area contributed by atoms with Crippen LogP contribution in [0.1, 0.15) is 18.4 Å².